The van der Waals surface area contributed by atoms with Gasteiger partial charge in [-0.25, -0.2) is 0 Å². The first-order valence-corrected chi connectivity index (χ1v) is 5.76. The van der Waals surface area contributed by atoms with Crippen molar-refractivity contribution >= 4 is 0 Å². The van der Waals surface area contributed by atoms with E-state index >= 15 is 0 Å². The number of phenolic OH excluding ortho intramolecular Hbond substituents is 1. The van der Waals surface area contributed by atoms with E-state index in [0.29, 0.717) is 6.61 Å². The Balaban J connectivity index is 2.26. The maximum absolute atomic E-state index is 9.86. The quantitative estimate of drug-likeness (QED) is 0.823. The second kappa shape index (κ2) is 4.44. The minimum Gasteiger partial charge on any atom is -0.508 e. The van der Waals surface area contributed by atoms with Gasteiger partial charge in [0.2, 0.25) is 0 Å². The van der Waals surface area contributed by atoms with Gasteiger partial charge in [-0.15, -0.1) is 0 Å². The zero-order valence-electron chi connectivity index (χ0n) is 9.70. The van der Waals surface area contributed by atoms with Crippen molar-refractivity contribution in [3.8, 4) is 5.75 Å². The van der Waals surface area contributed by atoms with E-state index < -0.39 is 0 Å². The average Bonchev–Trinajstić information content (AvgIpc) is 2.70. The highest BCUT2D eigenvalue weighted by molar-refractivity contribution is 5.39. The molecule has 88 valence electrons. The molecule has 0 aromatic heterocycles. The first-order valence-electron chi connectivity index (χ1n) is 5.76. The zero-order valence-corrected chi connectivity index (χ0v) is 9.70. The number of hydrogen-bond acceptors (Lipinski definition) is 3. The highest BCUT2D eigenvalue weighted by atomic mass is 16.5. The second-order valence-corrected chi connectivity index (χ2v) is 4.64. The minimum atomic E-state index is -0.233. The fourth-order valence-corrected chi connectivity index (χ4v) is 2.45. The van der Waals surface area contributed by atoms with Crippen molar-refractivity contribution in [2.45, 2.75) is 37.8 Å². The molecule has 1 fully saturated rings. The third-order valence-corrected chi connectivity index (χ3v) is 3.46. The van der Waals surface area contributed by atoms with E-state index in [0.717, 1.165) is 24.0 Å². The van der Waals surface area contributed by atoms with Crippen LogP contribution in [0.2, 0.25) is 0 Å². The Hall–Kier alpha value is -1.06. The molecule has 0 heterocycles. The summed E-state index contributed by atoms with van der Waals surface area (Å²) in [6.07, 6.45) is 4.38. The molecule has 3 N–H and O–H groups in total. The van der Waals surface area contributed by atoms with Crippen LogP contribution in [0, 0.1) is 0 Å². The molecule has 3 heteroatoms. The Morgan fingerprint density at radius 2 is 2.06 bits per heavy atom. The smallest absolute Gasteiger partial charge is 0.121 e. The van der Waals surface area contributed by atoms with Gasteiger partial charge in [0.05, 0.1) is 6.61 Å². The normalized spacial score (nSPS) is 18.9. The maximum Gasteiger partial charge on any atom is 0.121 e. The molecule has 1 aromatic rings. The van der Waals surface area contributed by atoms with Crippen LogP contribution in [0.25, 0.3) is 0 Å². The third kappa shape index (κ3) is 2.06. The number of hydrogen-bond donors (Lipinski definition) is 2. The van der Waals surface area contributed by atoms with Gasteiger partial charge in [0.1, 0.15) is 5.75 Å². The molecule has 1 saturated carbocycles. The van der Waals surface area contributed by atoms with Gasteiger partial charge >= 0.3 is 0 Å². The van der Waals surface area contributed by atoms with Gasteiger partial charge in [0.15, 0.2) is 0 Å². The summed E-state index contributed by atoms with van der Waals surface area (Å²) in [5.74, 6) is 0.288. The Kier molecular flexibility index (Phi) is 3.17. The van der Waals surface area contributed by atoms with E-state index in [4.69, 9.17) is 10.5 Å². The number of phenols is 1. The lowest BCUT2D eigenvalue weighted by atomic mass is 9.88. The largest absolute Gasteiger partial charge is 0.508 e. The predicted octanol–water partition coefficient (Wildman–Crippen LogP) is 2.27. The lowest BCUT2D eigenvalue weighted by molar-refractivity contribution is 0.182. The van der Waals surface area contributed by atoms with Crippen LogP contribution >= 0.6 is 0 Å². The molecule has 0 aliphatic heterocycles. The molecule has 16 heavy (non-hydrogen) atoms. The molecule has 1 aliphatic rings. The molecule has 0 radical (unpaired) electrons. The SMILES string of the molecule is COCc1ccc(C2(N)CCCC2)cc1O. The van der Waals surface area contributed by atoms with Crippen molar-refractivity contribution in [1.29, 1.82) is 0 Å². The molecular weight excluding hydrogens is 202 g/mol. The van der Waals surface area contributed by atoms with Crippen molar-refractivity contribution < 1.29 is 9.84 Å². The second-order valence-electron chi connectivity index (χ2n) is 4.64. The van der Waals surface area contributed by atoms with Crippen LogP contribution in [-0.4, -0.2) is 12.2 Å². The summed E-state index contributed by atoms with van der Waals surface area (Å²) < 4.78 is 5.01. The molecule has 0 atom stereocenters. The van der Waals surface area contributed by atoms with Crippen LogP contribution in [0.15, 0.2) is 18.2 Å². The van der Waals surface area contributed by atoms with Crippen LogP contribution < -0.4 is 5.73 Å². The van der Waals surface area contributed by atoms with Gasteiger partial charge < -0.3 is 15.6 Å². The topological polar surface area (TPSA) is 55.5 Å². The average molecular weight is 221 g/mol. The van der Waals surface area contributed by atoms with Crippen LogP contribution in [0.1, 0.15) is 36.8 Å². The lowest BCUT2D eigenvalue weighted by Gasteiger charge is -2.24. The molecule has 0 bridgehead atoms. The molecule has 2 rings (SSSR count). The number of rotatable bonds is 3. The predicted molar refractivity (Wildman–Crippen MR) is 63.2 cm³/mol. The molecule has 1 aromatic carbocycles. The van der Waals surface area contributed by atoms with Crippen LogP contribution in [0.4, 0.5) is 0 Å². The third-order valence-electron chi connectivity index (χ3n) is 3.46. The summed E-state index contributed by atoms with van der Waals surface area (Å²) in [6, 6.07) is 5.71. The molecule has 0 saturated heterocycles. The van der Waals surface area contributed by atoms with Gasteiger partial charge in [-0.3, -0.25) is 0 Å². The van der Waals surface area contributed by atoms with E-state index in [9.17, 15) is 5.11 Å². The van der Waals surface area contributed by atoms with Crippen LogP contribution in [-0.2, 0) is 16.9 Å². The van der Waals surface area contributed by atoms with Gasteiger partial charge in [0.25, 0.3) is 0 Å². The minimum absolute atomic E-state index is 0.233. The highest BCUT2D eigenvalue weighted by Gasteiger charge is 2.31. The number of methoxy groups -OCH3 is 1. The van der Waals surface area contributed by atoms with Crippen molar-refractivity contribution in [1.82, 2.24) is 0 Å². The molecule has 3 nitrogen and oxygen atoms in total. The van der Waals surface area contributed by atoms with Crippen LogP contribution in [0.5, 0.6) is 5.75 Å². The first-order chi connectivity index (χ1) is 7.65. The van der Waals surface area contributed by atoms with Gasteiger partial charge in [0, 0.05) is 18.2 Å². The number of benzene rings is 1. The van der Waals surface area contributed by atoms with Crippen molar-refractivity contribution in [2.75, 3.05) is 7.11 Å². The van der Waals surface area contributed by atoms with Crippen LogP contribution in [0.3, 0.4) is 0 Å². The zero-order chi connectivity index (χ0) is 11.6. The molecular formula is C13H19NO2. The highest BCUT2D eigenvalue weighted by Crippen LogP contribution is 2.37. The summed E-state index contributed by atoms with van der Waals surface area (Å²) in [7, 11) is 1.62. The lowest BCUT2D eigenvalue weighted by Crippen LogP contribution is -2.32. The summed E-state index contributed by atoms with van der Waals surface area (Å²) in [6.45, 7) is 0.434. The molecule has 1 aliphatic carbocycles. The number of ether oxygens (including phenoxy) is 1. The Morgan fingerprint density at radius 1 is 1.38 bits per heavy atom. The Morgan fingerprint density at radius 3 is 2.62 bits per heavy atom. The van der Waals surface area contributed by atoms with Crippen molar-refractivity contribution in [3.63, 3.8) is 0 Å². The first kappa shape index (κ1) is 11.4. The Labute approximate surface area is 96.2 Å². The van der Waals surface area contributed by atoms with Crippen molar-refractivity contribution in [3.05, 3.63) is 29.3 Å². The van der Waals surface area contributed by atoms with E-state index in [1.807, 2.05) is 12.1 Å². The van der Waals surface area contributed by atoms with E-state index in [1.165, 1.54) is 12.8 Å². The van der Waals surface area contributed by atoms with E-state index in [2.05, 4.69) is 0 Å². The summed E-state index contributed by atoms with van der Waals surface area (Å²) >= 11 is 0. The fourth-order valence-electron chi connectivity index (χ4n) is 2.45. The molecule has 0 spiro atoms. The fraction of sp³-hybridized carbons (Fsp3) is 0.538. The van der Waals surface area contributed by atoms with Gasteiger partial charge in [-0.1, -0.05) is 25.0 Å². The van der Waals surface area contributed by atoms with Gasteiger partial charge in [-0.2, -0.15) is 0 Å². The number of aromatic hydroxyl groups is 1. The van der Waals surface area contributed by atoms with E-state index in [-0.39, 0.29) is 11.3 Å². The summed E-state index contributed by atoms with van der Waals surface area (Å²) in [5, 5.41) is 9.86. The summed E-state index contributed by atoms with van der Waals surface area (Å²) in [5.41, 5.74) is 7.95. The monoisotopic (exact) mass is 221 g/mol. The standard InChI is InChI=1S/C13H19NO2/c1-16-9-10-4-5-11(8-12(10)15)13(14)6-2-3-7-13/h4-5,8,15H,2-3,6-7,9,14H2,1H3. The molecule has 0 unspecified atom stereocenters. The molecule has 0 amide bonds. The van der Waals surface area contributed by atoms with Crippen molar-refractivity contribution in [2.24, 2.45) is 5.73 Å². The van der Waals surface area contributed by atoms with E-state index in [1.54, 1.807) is 13.2 Å². The summed E-state index contributed by atoms with van der Waals surface area (Å²) in [4.78, 5) is 0. The maximum atomic E-state index is 9.86. The van der Waals surface area contributed by atoms with Gasteiger partial charge in [-0.05, 0) is 24.5 Å². The Bertz CT molecular complexity index is 370. The number of nitrogens with two attached hydrogens (primary N) is 1.